The van der Waals surface area contributed by atoms with E-state index in [9.17, 15) is 14.4 Å². The molecule has 0 aliphatic carbocycles. The molecular formula is C58H114N2O9. The van der Waals surface area contributed by atoms with Crippen LogP contribution in [0.15, 0.2) is 0 Å². The highest BCUT2D eigenvalue weighted by atomic mass is 16.7. The highest BCUT2D eigenvalue weighted by molar-refractivity contribution is 5.75. The minimum atomic E-state index is -0.641. The van der Waals surface area contributed by atoms with Gasteiger partial charge in [0.1, 0.15) is 12.8 Å². The third-order valence-corrected chi connectivity index (χ3v) is 13.4. The van der Waals surface area contributed by atoms with Crippen LogP contribution < -0.4 is 10.6 Å². The Labute approximate surface area is 426 Å². The Bertz CT molecular complexity index is 1160. The summed E-state index contributed by atoms with van der Waals surface area (Å²) in [4.78, 5) is 38.5. The van der Waals surface area contributed by atoms with Gasteiger partial charge in [-0.2, -0.15) is 0 Å². The van der Waals surface area contributed by atoms with Crippen molar-refractivity contribution >= 4 is 18.0 Å². The topological polar surface area (TPSA) is 131 Å². The first kappa shape index (κ1) is 67.0. The van der Waals surface area contributed by atoms with E-state index >= 15 is 0 Å². The zero-order chi connectivity index (χ0) is 51.2. The Morgan fingerprint density at radius 3 is 1.29 bits per heavy atom. The Balaban J connectivity index is 4.51. The first-order valence-electron chi connectivity index (χ1n) is 29.4. The SMILES string of the molecule is CCCCCCCC(CCCCC)OCCOC(=O)C(C)CC(C)C(=O)OC(C)OC(CCCC)CCCCCCCCCC(CCCC)OC(C)NC(=O)NCCOC(CCCC)CCCCC. The minimum Gasteiger partial charge on any atom is -0.463 e. The standard InChI is InChI=1S/C58H114N2O9/c1-11-17-23-27-32-40-53(39-31-19-13-3)65-45-46-66-56(61)48(7)47-49(8)57(62)69-51(10)68-55(37-22-16-6)42-34-29-26-24-25-28-33-41-54(36-21-15-5)67-50(9)60-58(63)59-43-44-64-52(35-20-14-4)38-30-18-12-2/h48-55H,11-47H2,1-10H3,(H2,59,60,63). The van der Waals surface area contributed by atoms with Crippen LogP contribution in [0.1, 0.15) is 281 Å². The number of amides is 2. The summed E-state index contributed by atoms with van der Waals surface area (Å²) in [6.07, 6.45) is 36.8. The van der Waals surface area contributed by atoms with Gasteiger partial charge in [0.25, 0.3) is 0 Å². The molecule has 0 rings (SSSR count). The average molecular weight is 984 g/mol. The van der Waals surface area contributed by atoms with E-state index in [4.69, 9.17) is 28.4 Å². The van der Waals surface area contributed by atoms with Gasteiger partial charge in [-0.25, -0.2) is 4.79 Å². The third kappa shape index (κ3) is 41.2. The van der Waals surface area contributed by atoms with E-state index in [-0.39, 0.29) is 55.2 Å². The lowest BCUT2D eigenvalue weighted by Gasteiger charge is -2.24. The summed E-state index contributed by atoms with van der Waals surface area (Å²) in [7, 11) is 0. The molecule has 0 bridgehead atoms. The summed E-state index contributed by atoms with van der Waals surface area (Å²) < 4.78 is 36.3. The average Bonchev–Trinajstić information content (AvgIpc) is 3.32. The van der Waals surface area contributed by atoms with Crippen molar-refractivity contribution in [2.75, 3.05) is 26.4 Å². The molecule has 11 nitrogen and oxygen atoms in total. The molecule has 0 radical (unpaired) electrons. The quantitative estimate of drug-likeness (QED) is 0.0347. The number of nitrogens with one attached hydrogen (secondary N) is 2. The Hall–Kier alpha value is -1.95. The number of urea groups is 1. The maximum absolute atomic E-state index is 13.1. The van der Waals surface area contributed by atoms with Gasteiger partial charge in [0, 0.05) is 6.54 Å². The second-order valence-corrected chi connectivity index (χ2v) is 20.4. The smallest absolute Gasteiger partial charge is 0.316 e. The number of carbonyl (C=O) groups is 3. The van der Waals surface area contributed by atoms with Crippen LogP contribution >= 0.6 is 0 Å². The number of hydrogen-bond donors (Lipinski definition) is 2. The predicted octanol–water partition coefficient (Wildman–Crippen LogP) is 15.9. The number of unbranched alkanes of at least 4 members (excludes halogenated alkanes) is 17. The number of rotatable bonds is 51. The van der Waals surface area contributed by atoms with Crippen molar-refractivity contribution in [1.82, 2.24) is 10.6 Å². The van der Waals surface area contributed by atoms with Crippen molar-refractivity contribution < 1.29 is 42.8 Å². The molecule has 2 amide bonds. The van der Waals surface area contributed by atoms with Gasteiger partial charge in [0.15, 0.2) is 6.29 Å². The van der Waals surface area contributed by atoms with Crippen LogP contribution in [0.4, 0.5) is 4.79 Å². The number of carbonyl (C=O) groups excluding carboxylic acids is 3. The molecule has 69 heavy (non-hydrogen) atoms. The molecule has 2 N–H and O–H groups in total. The molecule has 8 atom stereocenters. The first-order valence-corrected chi connectivity index (χ1v) is 29.4. The maximum atomic E-state index is 13.1. The summed E-state index contributed by atoms with van der Waals surface area (Å²) in [5, 5.41) is 5.93. The molecule has 0 spiro atoms. The molecular weight excluding hydrogens is 869 g/mol. The van der Waals surface area contributed by atoms with E-state index in [1.54, 1.807) is 0 Å². The lowest BCUT2D eigenvalue weighted by atomic mass is 9.97. The van der Waals surface area contributed by atoms with Crippen molar-refractivity contribution in [3.05, 3.63) is 0 Å². The van der Waals surface area contributed by atoms with Crippen LogP contribution in [0.3, 0.4) is 0 Å². The van der Waals surface area contributed by atoms with Crippen LogP contribution in [0.2, 0.25) is 0 Å². The lowest BCUT2D eigenvalue weighted by Crippen LogP contribution is -2.44. The van der Waals surface area contributed by atoms with Gasteiger partial charge in [-0.3, -0.25) is 9.59 Å². The van der Waals surface area contributed by atoms with Gasteiger partial charge in [-0.05, 0) is 71.6 Å². The Kier molecular flexibility index (Phi) is 47.0. The van der Waals surface area contributed by atoms with Crippen molar-refractivity contribution in [3.63, 3.8) is 0 Å². The first-order chi connectivity index (χ1) is 33.4. The fraction of sp³-hybridized carbons (Fsp3) is 0.948. The molecule has 0 aromatic carbocycles. The Morgan fingerprint density at radius 2 is 0.783 bits per heavy atom. The van der Waals surface area contributed by atoms with Crippen LogP contribution in [0.25, 0.3) is 0 Å². The maximum Gasteiger partial charge on any atom is 0.316 e. The number of hydrogen-bond acceptors (Lipinski definition) is 9. The summed E-state index contributed by atoms with van der Waals surface area (Å²) in [6, 6.07) is -0.203. The van der Waals surface area contributed by atoms with E-state index < -0.39 is 18.1 Å². The molecule has 8 unspecified atom stereocenters. The molecule has 0 fully saturated rings. The lowest BCUT2D eigenvalue weighted by molar-refractivity contribution is -0.190. The minimum absolute atomic E-state index is 0.0525. The zero-order valence-corrected chi connectivity index (χ0v) is 47.0. The largest absolute Gasteiger partial charge is 0.463 e. The van der Waals surface area contributed by atoms with E-state index in [0.29, 0.717) is 26.2 Å². The van der Waals surface area contributed by atoms with E-state index in [1.807, 2.05) is 27.7 Å². The molecule has 0 aromatic heterocycles. The molecule has 0 saturated heterocycles. The van der Waals surface area contributed by atoms with Crippen molar-refractivity contribution in [2.24, 2.45) is 11.8 Å². The van der Waals surface area contributed by atoms with Crippen LogP contribution in [-0.2, 0) is 38.0 Å². The van der Waals surface area contributed by atoms with Gasteiger partial charge in [-0.1, -0.05) is 209 Å². The molecule has 0 aliphatic heterocycles. The highest BCUT2D eigenvalue weighted by Gasteiger charge is 2.26. The van der Waals surface area contributed by atoms with Gasteiger partial charge in [0.05, 0.1) is 49.5 Å². The predicted molar refractivity (Wildman–Crippen MR) is 286 cm³/mol. The van der Waals surface area contributed by atoms with Gasteiger partial charge in [0.2, 0.25) is 0 Å². The molecule has 11 heteroatoms. The van der Waals surface area contributed by atoms with Crippen molar-refractivity contribution in [3.8, 4) is 0 Å². The molecule has 0 aliphatic rings. The molecule has 410 valence electrons. The molecule has 0 saturated carbocycles. The number of esters is 2. The summed E-state index contributed by atoms with van der Waals surface area (Å²) in [5.74, 6) is -1.50. The second kappa shape index (κ2) is 48.3. The second-order valence-electron chi connectivity index (χ2n) is 20.4. The van der Waals surface area contributed by atoms with Crippen LogP contribution in [0, 0.1) is 11.8 Å². The number of ether oxygens (including phenoxy) is 6. The van der Waals surface area contributed by atoms with Crippen molar-refractivity contribution in [1.29, 1.82) is 0 Å². The normalized spacial score (nSPS) is 15.2. The monoisotopic (exact) mass is 983 g/mol. The zero-order valence-electron chi connectivity index (χ0n) is 47.0. The summed E-state index contributed by atoms with van der Waals surface area (Å²) >= 11 is 0. The summed E-state index contributed by atoms with van der Waals surface area (Å²) in [5.41, 5.74) is 0. The third-order valence-electron chi connectivity index (χ3n) is 13.4. The van der Waals surface area contributed by atoms with Gasteiger partial charge in [-0.15, -0.1) is 0 Å². The van der Waals surface area contributed by atoms with E-state index in [0.717, 1.165) is 96.3 Å². The fourth-order valence-corrected chi connectivity index (χ4v) is 9.07. The van der Waals surface area contributed by atoms with Crippen molar-refractivity contribution in [2.45, 2.75) is 318 Å². The van der Waals surface area contributed by atoms with Crippen LogP contribution in [0.5, 0.6) is 0 Å². The highest BCUT2D eigenvalue weighted by Crippen LogP contribution is 2.22. The molecule has 0 aromatic rings. The van der Waals surface area contributed by atoms with Crippen LogP contribution in [-0.4, -0.2) is 81.3 Å². The van der Waals surface area contributed by atoms with Gasteiger partial charge >= 0.3 is 18.0 Å². The fourth-order valence-electron chi connectivity index (χ4n) is 9.07. The summed E-state index contributed by atoms with van der Waals surface area (Å²) in [6.45, 7) is 22.4. The van der Waals surface area contributed by atoms with E-state index in [1.165, 1.54) is 109 Å². The van der Waals surface area contributed by atoms with E-state index in [2.05, 4.69) is 52.2 Å². The molecule has 0 heterocycles. The Morgan fingerprint density at radius 1 is 0.406 bits per heavy atom. The van der Waals surface area contributed by atoms with Gasteiger partial charge < -0.3 is 39.1 Å².